The minimum atomic E-state index is -0.831. The Morgan fingerprint density at radius 1 is 1.00 bits per heavy atom. The molecule has 104 valence electrons. The van der Waals surface area contributed by atoms with Crippen LogP contribution in [0.5, 0.6) is 0 Å². The zero-order chi connectivity index (χ0) is 13.4. The van der Waals surface area contributed by atoms with Crippen molar-refractivity contribution in [1.82, 2.24) is 0 Å². The smallest absolute Gasteiger partial charge is 0.331 e. The van der Waals surface area contributed by atoms with Crippen LogP contribution in [0, 0.1) is 0 Å². The van der Waals surface area contributed by atoms with Gasteiger partial charge in [-0.1, -0.05) is 11.1 Å². The normalized spacial score (nSPS) is 9.11. The van der Waals surface area contributed by atoms with Gasteiger partial charge in [0.15, 0.2) is 0 Å². The molecule has 0 radical (unpaired) electrons. The van der Waals surface area contributed by atoms with Crippen LogP contribution >= 0.6 is 0 Å². The van der Waals surface area contributed by atoms with Crippen LogP contribution in [0.2, 0.25) is 0 Å². The lowest BCUT2D eigenvalue weighted by Crippen LogP contribution is -2.02. The van der Waals surface area contributed by atoms with Crippen LogP contribution in [0.3, 0.4) is 0 Å². The highest BCUT2D eigenvalue weighted by Crippen LogP contribution is 2.16. The Morgan fingerprint density at radius 2 is 1.50 bits per heavy atom. The number of hydrogen-bond acceptors (Lipinski definition) is 2. The fourth-order valence-corrected chi connectivity index (χ4v) is 1.61. The van der Waals surface area contributed by atoms with E-state index < -0.39 is 5.97 Å². The van der Waals surface area contributed by atoms with Gasteiger partial charge in [0.2, 0.25) is 0 Å². The summed E-state index contributed by atoms with van der Waals surface area (Å²) in [5, 5.41) is 8.96. The summed E-state index contributed by atoms with van der Waals surface area (Å²) in [7, 11) is 0. The first-order valence-electron chi connectivity index (χ1n) is 5.91. The third kappa shape index (κ3) is 7.01. The van der Waals surface area contributed by atoms with Crippen LogP contribution in [-0.4, -0.2) is 22.8 Å². The lowest BCUT2D eigenvalue weighted by Gasteiger charge is -2.06. The van der Waals surface area contributed by atoms with E-state index in [9.17, 15) is 9.59 Å². The monoisotopic (exact) mass is 256 g/mol. The fraction of sp³-hybridized carbons (Fsp3) is 0.571. The Kier molecular flexibility index (Phi) is 10.1. The first-order valence-corrected chi connectivity index (χ1v) is 5.91. The molecule has 0 unspecified atom stereocenters. The molecule has 4 nitrogen and oxygen atoms in total. The Bertz CT molecular complexity index is 343. The van der Waals surface area contributed by atoms with Crippen molar-refractivity contribution in [2.24, 2.45) is 0 Å². The molecule has 0 bridgehead atoms. The second-order valence-electron chi connectivity index (χ2n) is 4.63. The summed E-state index contributed by atoms with van der Waals surface area (Å²) in [5.74, 6) is -0.831. The lowest BCUT2D eigenvalue weighted by atomic mass is 10.0. The van der Waals surface area contributed by atoms with Gasteiger partial charge in [-0.3, -0.25) is 4.79 Å². The molecule has 0 rings (SSSR count). The summed E-state index contributed by atoms with van der Waals surface area (Å²) in [4.78, 5) is 21.6. The van der Waals surface area contributed by atoms with E-state index in [-0.39, 0.29) is 5.48 Å². The zero-order valence-corrected chi connectivity index (χ0v) is 11.7. The second kappa shape index (κ2) is 9.59. The number of rotatable bonds is 7. The van der Waals surface area contributed by atoms with Gasteiger partial charge in [0, 0.05) is 5.57 Å². The molecule has 0 aromatic carbocycles. The molecule has 4 heteroatoms. The van der Waals surface area contributed by atoms with E-state index in [0.717, 1.165) is 42.3 Å². The maximum atomic E-state index is 10.9. The maximum absolute atomic E-state index is 10.9. The first-order chi connectivity index (χ1) is 7.90. The zero-order valence-electron chi connectivity index (χ0n) is 11.7. The number of unbranched alkanes of at least 4 members (excludes halogenated alkanes) is 1. The molecular weight excluding hydrogens is 232 g/mol. The van der Waals surface area contributed by atoms with Gasteiger partial charge in [-0.15, -0.1) is 0 Å². The van der Waals surface area contributed by atoms with E-state index in [1.807, 2.05) is 27.7 Å². The quantitative estimate of drug-likeness (QED) is 0.431. The molecule has 0 heterocycles. The van der Waals surface area contributed by atoms with Crippen molar-refractivity contribution >= 4 is 12.3 Å². The topological polar surface area (TPSA) is 85.9 Å². The van der Waals surface area contributed by atoms with E-state index in [1.54, 1.807) is 0 Å². The number of aliphatic carboxylic acids is 1. The van der Waals surface area contributed by atoms with E-state index in [0.29, 0.717) is 12.0 Å². The van der Waals surface area contributed by atoms with E-state index in [4.69, 9.17) is 5.11 Å². The highest BCUT2D eigenvalue weighted by Gasteiger charge is 2.08. The SMILES string of the molecule is CC(C)=C(C=O)CCCCC(C(=O)O)=C(C)C.O. The second-order valence-corrected chi connectivity index (χ2v) is 4.63. The number of hydrogen-bond donors (Lipinski definition) is 1. The predicted octanol–water partition coefficient (Wildman–Crippen LogP) is 2.68. The van der Waals surface area contributed by atoms with Crippen molar-refractivity contribution in [3.8, 4) is 0 Å². The fourth-order valence-electron chi connectivity index (χ4n) is 1.61. The van der Waals surface area contributed by atoms with Crippen molar-refractivity contribution in [3.05, 3.63) is 22.3 Å². The Labute approximate surface area is 109 Å². The lowest BCUT2D eigenvalue weighted by molar-refractivity contribution is -0.132. The number of carbonyl (C=O) groups is 2. The average molecular weight is 256 g/mol. The van der Waals surface area contributed by atoms with Crippen molar-refractivity contribution in [3.63, 3.8) is 0 Å². The van der Waals surface area contributed by atoms with E-state index in [1.165, 1.54) is 0 Å². The molecule has 0 aliphatic carbocycles. The molecule has 0 fully saturated rings. The summed E-state index contributed by atoms with van der Waals surface area (Å²) >= 11 is 0. The minimum Gasteiger partial charge on any atom is -0.478 e. The van der Waals surface area contributed by atoms with Gasteiger partial charge in [-0.25, -0.2) is 4.79 Å². The van der Waals surface area contributed by atoms with Gasteiger partial charge in [0.1, 0.15) is 6.29 Å². The number of carboxylic acids is 1. The van der Waals surface area contributed by atoms with Crippen LogP contribution in [-0.2, 0) is 9.59 Å². The number of carboxylic acid groups (broad SMARTS) is 1. The Hall–Kier alpha value is -1.42. The van der Waals surface area contributed by atoms with Crippen molar-refractivity contribution < 1.29 is 20.2 Å². The third-order valence-corrected chi connectivity index (χ3v) is 2.77. The van der Waals surface area contributed by atoms with Gasteiger partial charge in [-0.2, -0.15) is 0 Å². The van der Waals surface area contributed by atoms with Crippen LogP contribution < -0.4 is 0 Å². The van der Waals surface area contributed by atoms with Gasteiger partial charge in [-0.05, 0) is 59.0 Å². The van der Waals surface area contributed by atoms with Crippen LogP contribution in [0.15, 0.2) is 22.3 Å². The van der Waals surface area contributed by atoms with Gasteiger partial charge in [0.05, 0.1) is 0 Å². The molecule has 18 heavy (non-hydrogen) atoms. The van der Waals surface area contributed by atoms with Crippen molar-refractivity contribution in [1.29, 1.82) is 0 Å². The summed E-state index contributed by atoms with van der Waals surface area (Å²) in [6.07, 6.45) is 3.86. The largest absolute Gasteiger partial charge is 0.478 e. The Balaban J connectivity index is 0. The molecular formula is C14H24O4. The van der Waals surface area contributed by atoms with Crippen LogP contribution in [0.25, 0.3) is 0 Å². The molecule has 0 atom stereocenters. The highest BCUT2D eigenvalue weighted by atomic mass is 16.4. The number of carbonyl (C=O) groups excluding carboxylic acids is 1. The van der Waals surface area contributed by atoms with Gasteiger partial charge in [0.25, 0.3) is 0 Å². The van der Waals surface area contributed by atoms with Gasteiger partial charge < -0.3 is 10.6 Å². The number of aldehydes is 1. The summed E-state index contributed by atoms with van der Waals surface area (Å²) in [6, 6.07) is 0. The molecule has 0 saturated heterocycles. The molecule has 0 aliphatic heterocycles. The standard InChI is InChI=1S/C14H22O3.H2O/c1-10(2)12(9-15)7-5-6-8-13(11(3)4)14(16)17;/h9H,5-8H2,1-4H3,(H,16,17);1H2. The predicted molar refractivity (Wildman–Crippen MR) is 72.5 cm³/mol. The summed E-state index contributed by atoms with van der Waals surface area (Å²) in [5.41, 5.74) is 3.23. The van der Waals surface area contributed by atoms with Crippen molar-refractivity contribution in [2.75, 3.05) is 0 Å². The molecule has 3 N–H and O–H groups in total. The molecule has 0 saturated carbocycles. The van der Waals surface area contributed by atoms with Crippen molar-refractivity contribution in [2.45, 2.75) is 53.4 Å². The summed E-state index contributed by atoms with van der Waals surface area (Å²) < 4.78 is 0. The van der Waals surface area contributed by atoms with Crippen LogP contribution in [0.1, 0.15) is 53.4 Å². The Morgan fingerprint density at radius 3 is 1.83 bits per heavy atom. The molecule has 0 aromatic heterocycles. The molecule has 0 amide bonds. The number of allylic oxidation sites excluding steroid dienone is 3. The third-order valence-electron chi connectivity index (χ3n) is 2.77. The molecule has 0 spiro atoms. The maximum Gasteiger partial charge on any atom is 0.331 e. The van der Waals surface area contributed by atoms with E-state index in [2.05, 4.69) is 0 Å². The summed E-state index contributed by atoms with van der Waals surface area (Å²) in [6.45, 7) is 7.47. The minimum absolute atomic E-state index is 0. The average Bonchev–Trinajstić information content (AvgIpc) is 2.21. The highest BCUT2D eigenvalue weighted by molar-refractivity contribution is 5.87. The van der Waals surface area contributed by atoms with Crippen LogP contribution in [0.4, 0.5) is 0 Å². The first kappa shape index (κ1) is 18.9. The van der Waals surface area contributed by atoms with E-state index >= 15 is 0 Å². The molecule has 0 aliphatic rings. The molecule has 0 aromatic rings. The van der Waals surface area contributed by atoms with Gasteiger partial charge >= 0.3 is 5.97 Å².